The number of benzene rings is 1. The van der Waals surface area contributed by atoms with Gasteiger partial charge in [0.25, 0.3) is 5.56 Å². The Labute approximate surface area is 210 Å². The van der Waals surface area contributed by atoms with Crippen molar-refractivity contribution in [2.45, 2.75) is 63.9 Å². The summed E-state index contributed by atoms with van der Waals surface area (Å²) in [7, 11) is -4.44. The number of aromatic amines is 1. The predicted molar refractivity (Wildman–Crippen MR) is 126 cm³/mol. The highest BCUT2D eigenvalue weighted by Crippen LogP contribution is 2.47. The molecule has 4 N–H and O–H groups in total. The van der Waals surface area contributed by atoms with Crippen LogP contribution in [0.1, 0.15) is 33.4 Å². The van der Waals surface area contributed by atoms with Gasteiger partial charge >= 0.3 is 19.4 Å². The van der Waals surface area contributed by atoms with E-state index in [1.54, 1.807) is 37.0 Å². The molecule has 2 aromatic rings. The van der Waals surface area contributed by atoms with E-state index in [9.17, 15) is 33.6 Å². The Hall–Kier alpha value is -2.87. The Morgan fingerprint density at radius 3 is 2.59 bits per heavy atom. The standard InChI is InChI=1S/C22H29FN3O10P/c1-12(2)33-21(30)13(3)25-37(32,35-14-7-5-4-6-8-14)36-17(11-27)19-16(28)9-18(34-19)26-10-15(23)20(29)24-22(26)31/h4-8,10,12-13,16-19,27-28H,9,11H2,1-3H3,(H,25,32)(H,24,29,31)/t13-,16?,17+,18+,19-,37-/m0/s1. The van der Waals surface area contributed by atoms with Gasteiger partial charge in [0, 0.05) is 6.42 Å². The van der Waals surface area contributed by atoms with E-state index in [0.717, 1.165) is 4.57 Å². The van der Waals surface area contributed by atoms with Gasteiger partial charge in [-0.25, -0.2) is 9.36 Å². The first-order chi connectivity index (χ1) is 17.4. The molecule has 1 saturated heterocycles. The molecule has 13 nitrogen and oxygen atoms in total. The first kappa shape index (κ1) is 28.7. The lowest BCUT2D eigenvalue weighted by molar-refractivity contribution is -0.149. The molecule has 15 heteroatoms. The SMILES string of the molecule is CC(C)OC(=O)[C@H](C)N[P@](=O)(Oc1ccccc1)O[C@H](CO)[C@H]1O[C@@H](n2cc(F)c(=O)[nH]c2=O)CC1O. The van der Waals surface area contributed by atoms with Crippen molar-refractivity contribution in [1.29, 1.82) is 0 Å². The maximum Gasteiger partial charge on any atom is 0.459 e. The van der Waals surface area contributed by atoms with E-state index in [4.69, 9.17) is 18.5 Å². The van der Waals surface area contributed by atoms with E-state index in [0.29, 0.717) is 6.20 Å². The third-order valence-electron chi connectivity index (χ3n) is 5.22. The first-order valence-corrected chi connectivity index (χ1v) is 12.9. The van der Waals surface area contributed by atoms with E-state index < -0.39 is 74.1 Å². The Morgan fingerprint density at radius 1 is 1.30 bits per heavy atom. The van der Waals surface area contributed by atoms with Crippen LogP contribution in [-0.4, -0.2) is 62.8 Å². The Bertz CT molecular complexity index is 1240. The number of aliphatic hydroxyl groups excluding tert-OH is 2. The molecule has 2 heterocycles. The summed E-state index contributed by atoms with van der Waals surface area (Å²) in [6, 6.07) is 6.70. The smallest absolute Gasteiger partial charge is 0.459 e. The van der Waals surface area contributed by atoms with Gasteiger partial charge in [-0.2, -0.15) is 9.48 Å². The van der Waals surface area contributed by atoms with Crippen molar-refractivity contribution < 1.29 is 42.5 Å². The number of H-pyrrole nitrogens is 1. The molecule has 0 radical (unpaired) electrons. The van der Waals surface area contributed by atoms with Crippen molar-refractivity contribution >= 4 is 13.7 Å². The average molecular weight is 545 g/mol. The zero-order valence-corrected chi connectivity index (χ0v) is 21.2. The van der Waals surface area contributed by atoms with Crippen molar-refractivity contribution in [1.82, 2.24) is 14.6 Å². The molecule has 1 aliphatic rings. The highest BCUT2D eigenvalue weighted by atomic mass is 31.2. The average Bonchev–Trinajstić information content (AvgIpc) is 3.21. The zero-order chi connectivity index (χ0) is 27.3. The number of para-hydroxylation sites is 1. The molecule has 0 amide bonds. The second kappa shape index (κ2) is 12.1. The number of carbonyl (C=O) groups is 1. The number of ether oxygens (including phenoxy) is 2. The van der Waals surface area contributed by atoms with E-state index in [2.05, 4.69) is 5.09 Å². The lowest BCUT2D eigenvalue weighted by Crippen LogP contribution is -2.42. The van der Waals surface area contributed by atoms with Crippen molar-refractivity contribution in [2.24, 2.45) is 0 Å². The molecule has 1 aliphatic heterocycles. The predicted octanol–water partition coefficient (Wildman–Crippen LogP) is 0.818. The summed E-state index contributed by atoms with van der Waals surface area (Å²) < 4.78 is 50.1. The van der Waals surface area contributed by atoms with E-state index in [-0.39, 0.29) is 12.2 Å². The van der Waals surface area contributed by atoms with Gasteiger partial charge in [0.05, 0.1) is 25.0 Å². The molecule has 3 rings (SSSR count). The Morgan fingerprint density at radius 2 is 1.97 bits per heavy atom. The number of aromatic nitrogens is 2. The van der Waals surface area contributed by atoms with Gasteiger partial charge in [-0.15, -0.1) is 0 Å². The number of carbonyl (C=O) groups excluding carboxylic acids is 1. The number of hydrogen-bond acceptors (Lipinski definition) is 10. The fourth-order valence-corrected chi connectivity index (χ4v) is 5.23. The summed E-state index contributed by atoms with van der Waals surface area (Å²) in [6.45, 7) is 3.82. The maximum atomic E-state index is 13.7. The van der Waals surface area contributed by atoms with Gasteiger partial charge in [0.15, 0.2) is 0 Å². The van der Waals surface area contributed by atoms with Crippen LogP contribution in [-0.2, 0) is 23.4 Å². The van der Waals surface area contributed by atoms with Crippen molar-refractivity contribution in [3.63, 3.8) is 0 Å². The van der Waals surface area contributed by atoms with E-state index >= 15 is 0 Å². The van der Waals surface area contributed by atoms with Crippen LogP contribution in [0.25, 0.3) is 0 Å². The fourth-order valence-electron chi connectivity index (χ4n) is 3.56. The third kappa shape index (κ3) is 7.34. The van der Waals surface area contributed by atoms with Crippen LogP contribution in [0.4, 0.5) is 4.39 Å². The number of hydrogen-bond donors (Lipinski definition) is 4. The minimum Gasteiger partial charge on any atom is -0.462 e. The van der Waals surface area contributed by atoms with Gasteiger partial charge in [0.2, 0.25) is 5.82 Å². The van der Waals surface area contributed by atoms with Crippen LogP contribution >= 0.6 is 7.75 Å². The summed E-state index contributed by atoms with van der Waals surface area (Å²) in [4.78, 5) is 37.5. The maximum absolute atomic E-state index is 13.7. The molecule has 37 heavy (non-hydrogen) atoms. The van der Waals surface area contributed by atoms with Crippen LogP contribution in [0.2, 0.25) is 0 Å². The summed E-state index contributed by atoms with van der Waals surface area (Å²) in [6.07, 6.45) is -5.51. The molecule has 0 bridgehead atoms. The number of nitrogens with zero attached hydrogens (tertiary/aromatic N) is 1. The number of aliphatic hydroxyl groups is 2. The van der Waals surface area contributed by atoms with Gasteiger partial charge in [-0.3, -0.25) is 23.7 Å². The lowest BCUT2D eigenvalue weighted by atomic mass is 10.1. The molecule has 204 valence electrons. The third-order valence-corrected chi connectivity index (χ3v) is 6.92. The van der Waals surface area contributed by atoms with Gasteiger partial charge < -0.3 is 24.2 Å². The van der Waals surface area contributed by atoms with E-state index in [1.807, 2.05) is 0 Å². The summed E-state index contributed by atoms with van der Waals surface area (Å²) >= 11 is 0. The van der Waals surface area contributed by atoms with Crippen molar-refractivity contribution in [3.8, 4) is 5.75 Å². The summed E-state index contributed by atoms with van der Waals surface area (Å²) in [5.41, 5.74) is -2.20. The van der Waals surface area contributed by atoms with Crippen LogP contribution in [0.5, 0.6) is 5.75 Å². The quantitative estimate of drug-likeness (QED) is 0.232. The van der Waals surface area contributed by atoms with Gasteiger partial charge in [0.1, 0.15) is 30.2 Å². The molecular weight excluding hydrogens is 516 g/mol. The lowest BCUT2D eigenvalue weighted by Gasteiger charge is -2.30. The number of halogens is 1. The van der Waals surface area contributed by atoms with Crippen molar-refractivity contribution in [2.75, 3.05) is 6.61 Å². The summed E-state index contributed by atoms with van der Waals surface area (Å²) in [5, 5.41) is 23.0. The fraction of sp³-hybridized carbons (Fsp3) is 0.500. The molecule has 6 atom stereocenters. The molecular formula is C22H29FN3O10P. The molecule has 0 saturated carbocycles. The summed E-state index contributed by atoms with van der Waals surface area (Å²) in [5.74, 6) is -1.88. The van der Waals surface area contributed by atoms with E-state index in [1.165, 1.54) is 19.1 Å². The van der Waals surface area contributed by atoms with Crippen LogP contribution in [0.3, 0.4) is 0 Å². The van der Waals surface area contributed by atoms with Gasteiger partial charge in [-0.05, 0) is 32.9 Å². The molecule has 0 aliphatic carbocycles. The largest absolute Gasteiger partial charge is 0.462 e. The Balaban J connectivity index is 1.84. The second-order valence-corrected chi connectivity index (χ2v) is 10.2. The molecule has 1 unspecified atom stereocenters. The molecule has 1 aromatic heterocycles. The highest BCUT2D eigenvalue weighted by molar-refractivity contribution is 7.52. The molecule has 0 spiro atoms. The minimum atomic E-state index is -4.44. The molecule has 1 fully saturated rings. The van der Waals surface area contributed by atoms with Crippen LogP contribution in [0.15, 0.2) is 46.1 Å². The normalized spacial score (nSPS) is 22.8. The minimum absolute atomic E-state index is 0.112. The first-order valence-electron chi connectivity index (χ1n) is 11.4. The monoisotopic (exact) mass is 545 g/mol. The highest BCUT2D eigenvalue weighted by Gasteiger charge is 2.45. The number of esters is 1. The topological polar surface area (TPSA) is 178 Å². The van der Waals surface area contributed by atoms with Crippen LogP contribution < -0.4 is 20.9 Å². The zero-order valence-electron chi connectivity index (χ0n) is 20.3. The second-order valence-electron chi connectivity index (χ2n) is 8.57. The Kier molecular flexibility index (Phi) is 9.40. The van der Waals surface area contributed by atoms with Gasteiger partial charge in [-0.1, -0.05) is 18.2 Å². The van der Waals surface area contributed by atoms with Crippen molar-refractivity contribution in [3.05, 3.63) is 63.2 Å². The number of rotatable bonds is 11. The van der Waals surface area contributed by atoms with Crippen LogP contribution in [0, 0.1) is 5.82 Å². The number of nitrogens with one attached hydrogen (secondary N) is 2. The molecule has 1 aromatic carbocycles.